The lowest BCUT2D eigenvalue weighted by molar-refractivity contribution is 0.170. The van der Waals surface area contributed by atoms with Crippen molar-refractivity contribution >= 4 is 11.3 Å². The second kappa shape index (κ2) is 7.54. The Morgan fingerprint density at radius 2 is 1.95 bits per heavy atom. The van der Waals surface area contributed by atoms with Gasteiger partial charge in [-0.3, -0.25) is 0 Å². The molecular formula is C16H22N2O2S. The number of hydrogen-bond donors (Lipinski definition) is 2. The molecule has 21 heavy (non-hydrogen) atoms. The second-order valence-electron chi connectivity index (χ2n) is 5.25. The second-order valence-corrected chi connectivity index (χ2v) is 6.18. The van der Waals surface area contributed by atoms with Gasteiger partial charge in [0, 0.05) is 18.1 Å². The first-order valence-corrected chi connectivity index (χ1v) is 8.01. The van der Waals surface area contributed by atoms with Crippen LogP contribution in [0.1, 0.15) is 43.5 Å². The summed E-state index contributed by atoms with van der Waals surface area (Å²) in [5.41, 5.74) is 0.880. The summed E-state index contributed by atoms with van der Waals surface area (Å²) in [4.78, 5) is 4.26. The molecule has 1 aromatic carbocycles. The van der Waals surface area contributed by atoms with Gasteiger partial charge in [-0.15, -0.1) is 11.3 Å². The highest BCUT2D eigenvalue weighted by Crippen LogP contribution is 2.20. The minimum atomic E-state index is -0.541. The van der Waals surface area contributed by atoms with Gasteiger partial charge >= 0.3 is 0 Å². The summed E-state index contributed by atoms with van der Waals surface area (Å²) in [5.74, 6) is 0.824. The Bertz CT molecular complexity index is 526. The SMILES string of the molecule is CC(C)Oc1ccc(C(O)CNC(C)c2nccs2)cc1. The van der Waals surface area contributed by atoms with Gasteiger partial charge in [0.15, 0.2) is 0 Å². The van der Waals surface area contributed by atoms with Crippen LogP contribution < -0.4 is 10.1 Å². The van der Waals surface area contributed by atoms with E-state index in [1.165, 1.54) is 0 Å². The van der Waals surface area contributed by atoms with Crippen molar-refractivity contribution in [1.82, 2.24) is 10.3 Å². The van der Waals surface area contributed by atoms with E-state index in [1.54, 1.807) is 17.5 Å². The first-order valence-electron chi connectivity index (χ1n) is 7.13. The van der Waals surface area contributed by atoms with Crippen LogP contribution in [0.5, 0.6) is 5.75 Å². The minimum absolute atomic E-state index is 0.142. The molecule has 0 spiro atoms. The number of aliphatic hydroxyl groups is 1. The molecule has 0 amide bonds. The zero-order valence-corrected chi connectivity index (χ0v) is 13.4. The smallest absolute Gasteiger partial charge is 0.119 e. The first-order chi connectivity index (χ1) is 10.1. The van der Waals surface area contributed by atoms with E-state index < -0.39 is 6.10 Å². The van der Waals surface area contributed by atoms with E-state index in [-0.39, 0.29) is 12.1 Å². The largest absolute Gasteiger partial charge is 0.491 e. The van der Waals surface area contributed by atoms with Crippen LogP contribution in [-0.2, 0) is 0 Å². The number of nitrogens with one attached hydrogen (secondary N) is 1. The predicted octanol–water partition coefficient (Wildman–Crippen LogP) is 3.31. The zero-order chi connectivity index (χ0) is 15.2. The Morgan fingerprint density at radius 3 is 2.52 bits per heavy atom. The Morgan fingerprint density at radius 1 is 1.24 bits per heavy atom. The highest BCUT2D eigenvalue weighted by Gasteiger charge is 2.12. The van der Waals surface area contributed by atoms with Crippen LogP contribution in [-0.4, -0.2) is 22.7 Å². The van der Waals surface area contributed by atoms with Crippen LogP contribution in [0.4, 0.5) is 0 Å². The van der Waals surface area contributed by atoms with Gasteiger partial charge < -0.3 is 15.2 Å². The molecule has 0 aliphatic rings. The van der Waals surface area contributed by atoms with Gasteiger partial charge in [0.1, 0.15) is 10.8 Å². The number of aliphatic hydroxyl groups excluding tert-OH is 1. The summed E-state index contributed by atoms with van der Waals surface area (Å²) in [6.07, 6.45) is 1.41. The van der Waals surface area contributed by atoms with E-state index in [0.717, 1.165) is 16.3 Å². The predicted molar refractivity (Wildman–Crippen MR) is 85.7 cm³/mol. The fourth-order valence-electron chi connectivity index (χ4n) is 1.98. The molecule has 2 atom stereocenters. The number of rotatable bonds is 7. The summed E-state index contributed by atoms with van der Waals surface area (Å²) in [6, 6.07) is 7.73. The van der Waals surface area contributed by atoms with Gasteiger partial charge in [-0.2, -0.15) is 0 Å². The van der Waals surface area contributed by atoms with Crippen LogP contribution in [0.3, 0.4) is 0 Å². The Hall–Kier alpha value is -1.43. The monoisotopic (exact) mass is 306 g/mol. The fraction of sp³-hybridized carbons (Fsp3) is 0.438. The van der Waals surface area contributed by atoms with Crippen molar-refractivity contribution in [2.75, 3.05) is 6.54 Å². The molecular weight excluding hydrogens is 284 g/mol. The molecule has 0 aliphatic heterocycles. The summed E-state index contributed by atoms with van der Waals surface area (Å²) < 4.78 is 5.59. The molecule has 0 bridgehead atoms. The molecule has 2 aromatic rings. The molecule has 0 saturated heterocycles. The number of nitrogens with zero attached hydrogens (tertiary/aromatic N) is 1. The van der Waals surface area contributed by atoms with Gasteiger partial charge in [0.05, 0.1) is 18.2 Å². The van der Waals surface area contributed by atoms with Crippen molar-refractivity contribution in [2.24, 2.45) is 0 Å². The average Bonchev–Trinajstić information content (AvgIpc) is 2.99. The van der Waals surface area contributed by atoms with E-state index in [4.69, 9.17) is 4.74 Å². The van der Waals surface area contributed by atoms with Gasteiger partial charge in [0.2, 0.25) is 0 Å². The number of benzene rings is 1. The molecule has 0 fully saturated rings. The molecule has 1 heterocycles. The topological polar surface area (TPSA) is 54.4 Å². The van der Waals surface area contributed by atoms with Crippen molar-refractivity contribution in [2.45, 2.75) is 39.0 Å². The van der Waals surface area contributed by atoms with Crippen molar-refractivity contribution < 1.29 is 9.84 Å². The maximum Gasteiger partial charge on any atom is 0.119 e. The third kappa shape index (κ3) is 4.81. The highest BCUT2D eigenvalue weighted by atomic mass is 32.1. The summed E-state index contributed by atoms with van der Waals surface area (Å²) >= 11 is 1.61. The van der Waals surface area contributed by atoms with E-state index in [0.29, 0.717) is 6.54 Å². The molecule has 0 radical (unpaired) electrons. The average molecular weight is 306 g/mol. The molecule has 1 aromatic heterocycles. The van der Waals surface area contributed by atoms with E-state index in [1.807, 2.05) is 50.4 Å². The van der Waals surface area contributed by atoms with Crippen LogP contribution >= 0.6 is 11.3 Å². The van der Waals surface area contributed by atoms with Gasteiger partial charge in [0.25, 0.3) is 0 Å². The normalized spacial score (nSPS) is 14.1. The van der Waals surface area contributed by atoms with Gasteiger partial charge in [-0.05, 0) is 38.5 Å². The van der Waals surface area contributed by atoms with Crippen molar-refractivity contribution in [3.05, 3.63) is 46.4 Å². The van der Waals surface area contributed by atoms with Crippen LogP contribution in [0.25, 0.3) is 0 Å². The summed E-state index contributed by atoms with van der Waals surface area (Å²) in [6.45, 7) is 6.52. The lowest BCUT2D eigenvalue weighted by Crippen LogP contribution is -2.24. The molecule has 0 saturated carbocycles. The quantitative estimate of drug-likeness (QED) is 0.824. The van der Waals surface area contributed by atoms with E-state index >= 15 is 0 Å². The standard InChI is InChI=1S/C16H22N2O2S/c1-11(2)20-14-6-4-13(5-7-14)15(19)10-18-12(3)16-17-8-9-21-16/h4-9,11-12,15,18-19H,10H2,1-3H3. The van der Waals surface area contributed by atoms with E-state index in [9.17, 15) is 5.11 Å². The van der Waals surface area contributed by atoms with Crippen LogP contribution in [0, 0.1) is 0 Å². The van der Waals surface area contributed by atoms with Crippen molar-refractivity contribution in [1.29, 1.82) is 0 Å². The molecule has 0 aliphatic carbocycles. The number of thiazole rings is 1. The first kappa shape index (κ1) is 15.9. The summed E-state index contributed by atoms with van der Waals surface area (Å²) in [7, 11) is 0. The van der Waals surface area contributed by atoms with Crippen molar-refractivity contribution in [3.63, 3.8) is 0 Å². The maximum atomic E-state index is 10.2. The Labute approximate surface area is 129 Å². The lowest BCUT2D eigenvalue weighted by atomic mass is 10.1. The van der Waals surface area contributed by atoms with Gasteiger partial charge in [-0.1, -0.05) is 12.1 Å². The number of hydrogen-bond acceptors (Lipinski definition) is 5. The zero-order valence-electron chi connectivity index (χ0n) is 12.6. The summed E-state index contributed by atoms with van der Waals surface area (Å²) in [5, 5.41) is 16.5. The van der Waals surface area contributed by atoms with Crippen LogP contribution in [0.15, 0.2) is 35.8 Å². The minimum Gasteiger partial charge on any atom is -0.491 e. The number of ether oxygens (including phenoxy) is 1. The Balaban J connectivity index is 1.86. The lowest BCUT2D eigenvalue weighted by Gasteiger charge is -2.16. The number of aromatic nitrogens is 1. The van der Waals surface area contributed by atoms with Crippen LogP contribution in [0.2, 0.25) is 0 Å². The molecule has 2 unspecified atom stereocenters. The van der Waals surface area contributed by atoms with Gasteiger partial charge in [-0.25, -0.2) is 4.98 Å². The molecule has 114 valence electrons. The fourth-order valence-corrected chi connectivity index (χ4v) is 2.65. The van der Waals surface area contributed by atoms with E-state index in [2.05, 4.69) is 10.3 Å². The molecule has 4 nitrogen and oxygen atoms in total. The van der Waals surface area contributed by atoms with Crippen molar-refractivity contribution in [3.8, 4) is 5.75 Å². The Kier molecular flexibility index (Phi) is 5.73. The molecule has 5 heteroatoms. The molecule has 2 N–H and O–H groups in total. The molecule has 2 rings (SSSR count). The maximum absolute atomic E-state index is 10.2. The third-order valence-corrected chi connectivity index (χ3v) is 4.03. The third-order valence-electron chi connectivity index (χ3n) is 3.08. The highest BCUT2D eigenvalue weighted by molar-refractivity contribution is 7.09.